The van der Waals surface area contributed by atoms with Gasteiger partial charge in [-0.3, -0.25) is 10.1 Å². The third-order valence-corrected chi connectivity index (χ3v) is 6.09. The van der Waals surface area contributed by atoms with Crippen LogP contribution in [0.4, 0.5) is 14.9 Å². The number of halogens is 1. The Labute approximate surface area is 220 Å². The Balaban J connectivity index is 1.42. The molecule has 0 spiro atoms. The fourth-order valence-corrected chi connectivity index (χ4v) is 3.94. The van der Waals surface area contributed by atoms with Crippen molar-refractivity contribution < 1.29 is 28.0 Å². The molecule has 0 radical (unpaired) electrons. The molecule has 8 heteroatoms. The second-order valence-corrected chi connectivity index (χ2v) is 8.76. The van der Waals surface area contributed by atoms with E-state index in [1.165, 1.54) is 6.07 Å². The van der Waals surface area contributed by atoms with Crippen LogP contribution in [0.5, 0.6) is 0 Å². The van der Waals surface area contributed by atoms with Gasteiger partial charge in [0.05, 0.1) is 6.61 Å². The van der Waals surface area contributed by atoms with E-state index in [2.05, 4.69) is 10.5 Å². The maximum atomic E-state index is 14.0. The summed E-state index contributed by atoms with van der Waals surface area (Å²) in [5, 5.41) is 6.68. The van der Waals surface area contributed by atoms with Gasteiger partial charge in [0.25, 0.3) is 0 Å². The van der Waals surface area contributed by atoms with E-state index in [4.69, 9.17) is 14.0 Å². The van der Waals surface area contributed by atoms with Gasteiger partial charge in [-0.25, -0.2) is 9.18 Å². The largest absolute Gasteiger partial charge is 0.465 e. The molecule has 196 valence electrons. The number of amides is 1. The second-order valence-electron chi connectivity index (χ2n) is 8.76. The summed E-state index contributed by atoms with van der Waals surface area (Å²) in [6, 6.07) is 21.9. The SMILES string of the molecule is CCC(=O)OCCc1ccc(-c2ccc(-c3onc(C)c3NC(=O)OC(C)c3ccccc3F)cc2)cc1. The van der Waals surface area contributed by atoms with Crippen LogP contribution < -0.4 is 5.32 Å². The molecule has 0 bridgehead atoms. The lowest BCUT2D eigenvalue weighted by Gasteiger charge is -2.15. The number of rotatable bonds is 9. The number of anilines is 1. The zero-order valence-electron chi connectivity index (χ0n) is 21.5. The van der Waals surface area contributed by atoms with Crippen LogP contribution in [0.1, 0.15) is 43.2 Å². The molecule has 0 fully saturated rings. The third-order valence-electron chi connectivity index (χ3n) is 6.09. The molecule has 1 unspecified atom stereocenters. The molecule has 1 aromatic heterocycles. The smallest absolute Gasteiger partial charge is 0.412 e. The highest BCUT2D eigenvalue weighted by molar-refractivity contribution is 5.91. The number of nitrogens with zero attached hydrogens (tertiary/aromatic N) is 1. The van der Waals surface area contributed by atoms with Gasteiger partial charge < -0.3 is 14.0 Å². The highest BCUT2D eigenvalue weighted by Crippen LogP contribution is 2.33. The van der Waals surface area contributed by atoms with Crippen LogP contribution in [0.2, 0.25) is 0 Å². The Kier molecular flexibility index (Phi) is 8.53. The summed E-state index contributed by atoms with van der Waals surface area (Å²) in [5.41, 5.74) is 4.99. The topological polar surface area (TPSA) is 90.7 Å². The quantitative estimate of drug-likeness (QED) is 0.235. The van der Waals surface area contributed by atoms with Crippen molar-refractivity contribution in [1.29, 1.82) is 0 Å². The van der Waals surface area contributed by atoms with Crippen LogP contribution in [0.3, 0.4) is 0 Å². The lowest BCUT2D eigenvalue weighted by atomic mass is 10.0. The molecule has 0 saturated heterocycles. The van der Waals surface area contributed by atoms with Crippen molar-refractivity contribution in [2.24, 2.45) is 0 Å². The Morgan fingerprint density at radius 3 is 2.26 bits per heavy atom. The predicted octanol–water partition coefficient (Wildman–Crippen LogP) is 7.26. The Morgan fingerprint density at radius 1 is 0.974 bits per heavy atom. The van der Waals surface area contributed by atoms with Crippen molar-refractivity contribution in [3.05, 3.63) is 95.4 Å². The first-order valence-electron chi connectivity index (χ1n) is 12.4. The molecular weight excluding hydrogens is 487 g/mol. The fraction of sp³-hybridized carbons (Fsp3) is 0.233. The van der Waals surface area contributed by atoms with E-state index in [-0.39, 0.29) is 11.5 Å². The summed E-state index contributed by atoms with van der Waals surface area (Å²) in [4.78, 5) is 23.9. The van der Waals surface area contributed by atoms with Crippen LogP contribution in [0.25, 0.3) is 22.5 Å². The summed E-state index contributed by atoms with van der Waals surface area (Å²) in [5.74, 6) is -0.251. The van der Waals surface area contributed by atoms with E-state index in [1.807, 2.05) is 48.5 Å². The highest BCUT2D eigenvalue weighted by Gasteiger charge is 2.21. The lowest BCUT2D eigenvalue weighted by Crippen LogP contribution is -2.17. The molecule has 3 aromatic carbocycles. The molecular formula is C30H29FN2O5. The van der Waals surface area contributed by atoms with Gasteiger partial charge >= 0.3 is 12.1 Å². The molecule has 7 nitrogen and oxygen atoms in total. The van der Waals surface area contributed by atoms with Crippen LogP contribution in [-0.4, -0.2) is 23.8 Å². The van der Waals surface area contributed by atoms with Gasteiger partial charge in [-0.15, -0.1) is 0 Å². The van der Waals surface area contributed by atoms with Crippen molar-refractivity contribution in [1.82, 2.24) is 5.16 Å². The van der Waals surface area contributed by atoms with E-state index in [9.17, 15) is 14.0 Å². The number of carbonyl (C=O) groups excluding carboxylic acids is 2. The first-order chi connectivity index (χ1) is 18.4. The highest BCUT2D eigenvalue weighted by atomic mass is 19.1. The van der Waals surface area contributed by atoms with Gasteiger partial charge in [0, 0.05) is 24.0 Å². The maximum Gasteiger partial charge on any atom is 0.412 e. The number of hydrogen-bond donors (Lipinski definition) is 1. The van der Waals surface area contributed by atoms with Crippen LogP contribution in [-0.2, 0) is 20.7 Å². The molecule has 1 heterocycles. The van der Waals surface area contributed by atoms with Gasteiger partial charge in [0.15, 0.2) is 5.76 Å². The van der Waals surface area contributed by atoms with Crippen molar-refractivity contribution in [2.45, 2.75) is 39.7 Å². The normalized spacial score (nSPS) is 11.6. The van der Waals surface area contributed by atoms with Crippen molar-refractivity contribution in [2.75, 3.05) is 11.9 Å². The van der Waals surface area contributed by atoms with Crippen molar-refractivity contribution in [3.8, 4) is 22.5 Å². The predicted molar refractivity (Wildman–Crippen MR) is 142 cm³/mol. The van der Waals surface area contributed by atoms with E-state index in [0.717, 1.165) is 22.3 Å². The van der Waals surface area contributed by atoms with Crippen LogP contribution in [0.15, 0.2) is 77.3 Å². The fourth-order valence-electron chi connectivity index (χ4n) is 3.94. The Bertz CT molecular complexity index is 1400. The molecule has 1 amide bonds. The van der Waals surface area contributed by atoms with E-state index in [1.54, 1.807) is 39.0 Å². The zero-order valence-corrected chi connectivity index (χ0v) is 21.5. The molecule has 38 heavy (non-hydrogen) atoms. The molecule has 0 aliphatic carbocycles. The van der Waals surface area contributed by atoms with Gasteiger partial charge in [-0.05, 0) is 36.6 Å². The molecule has 0 aliphatic heterocycles. The maximum absolute atomic E-state index is 14.0. The number of benzene rings is 3. The molecule has 1 N–H and O–H groups in total. The van der Waals surface area contributed by atoms with Gasteiger partial charge in [-0.2, -0.15) is 0 Å². The summed E-state index contributed by atoms with van der Waals surface area (Å²) in [6.07, 6.45) is -0.488. The Morgan fingerprint density at radius 2 is 1.61 bits per heavy atom. The average Bonchev–Trinajstić information content (AvgIpc) is 3.28. The summed E-state index contributed by atoms with van der Waals surface area (Å²) < 4.78 is 30.0. The number of hydrogen-bond acceptors (Lipinski definition) is 6. The molecule has 0 saturated carbocycles. The van der Waals surface area contributed by atoms with Gasteiger partial charge in [0.2, 0.25) is 0 Å². The molecule has 1 atom stereocenters. The number of esters is 1. The number of nitrogens with one attached hydrogen (secondary N) is 1. The summed E-state index contributed by atoms with van der Waals surface area (Å²) in [6.45, 7) is 5.45. The number of aryl methyl sites for hydroxylation is 1. The first-order valence-corrected chi connectivity index (χ1v) is 12.4. The zero-order chi connectivity index (χ0) is 27.1. The Hall–Kier alpha value is -4.46. The minimum Gasteiger partial charge on any atom is -0.465 e. The molecule has 0 aliphatic rings. The van der Waals surface area contributed by atoms with Gasteiger partial charge in [0.1, 0.15) is 23.3 Å². The van der Waals surface area contributed by atoms with E-state index >= 15 is 0 Å². The van der Waals surface area contributed by atoms with Crippen LogP contribution >= 0.6 is 0 Å². The average molecular weight is 517 g/mol. The standard InChI is InChI=1S/C30H29FN2O5/c1-4-27(34)36-18-17-21-9-11-22(12-10-21)23-13-15-24(16-14-23)29-28(19(2)33-38-29)32-30(35)37-20(3)25-7-5-6-8-26(25)31/h5-16,20H,4,17-18H2,1-3H3,(H,32,35). The van der Waals surface area contributed by atoms with Crippen molar-refractivity contribution in [3.63, 3.8) is 0 Å². The van der Waals surface area contributed by atoms with Crippen LogP contribution in [0, 0.1) is 12.7 Å². The summed E-state index contributed by atoms with van der Waals surface area (Å²) >= 11 is 0. The van der Waals surface area contributed by atoms with Gasteiger partial charge in [-0.1, -0.05) is 78.8 Å². The number of ether oxygens (including phenoxy) is 2. The third kappa shape index (κ3) is 6.45. The van der Waals surface area contributed by atoms with E-state index in [0.29, 0.717) is 36.6 Å². The minimum absolute atomic E-state index is 0.198. The lowest BCUT2D eigenvalue weighted by molar-refractivity contribution is -0.143. The summed E-state index contributed by atoms with van der Waals surface area (Å²) in [7, 11) is 0. The number of carbonyl (C=O) groups is 2. The second kappa shape index (κ2) is 12.2. The number of aromatic nitrogens is 1. The monoisotopic (exact) mass is 516 g/mol. The first kappa shape index (κ1) is 26.6. The van der Waals surface area contributed by atoms with E-state index < -0.39 is 18.0 Å². The van der Waals surface area contributed by atoms with Crippen molar-refractivity contribution >= 4 is 17.7 Å². The molecule has 4 aromatic rings. The molecule has 4 rings (SSSR count). The minimum atomic E-state index is -0.781.